The largest absolute Gasteiger partial charge is 0.495 e. The fourth-order valence-electron chi connectivity index (χ4n) is 2.79. The number of carbonyl (C=O) groups excluding carboxylic acids is 1. The van der Waals surface area contributed by atoms with Crippen molar-refractivity contribution in [3.63, 3.8) is 0 Å². The van der Waals surface area contributed by atoms with Crippen LogP contribution in [0.25, 0.3) is 0 Å². The second-order valence-corrected chi connectivity index (χ2v) is 8.16. The molecular formula is C20H26N2O4S. The van der Waals surface area contributed by atoms with Gasteiger partial charge >= 0.3 is 0 Å². The van der Waals surface area contributed by atoms with E-state index in [0.29, 0.717) is 17.0 Å². The normalized spacial score (nSPS) is 12.4. The lowest BCUT2D eigenvalue weighted by molar-refractivity contribution is 0.102. The van der Waals surface area contributed by atoms with Crippen LogP contribution < -0.4 is 14.8 Å². The summed E-state index contributed by atoms with van der Waals surface area (Å²) in [5.41, 5.74) is 1.65. The number of amides is 1. The molecule has 0 aliphatic carbocycles. The van der Waals surface area contributed by atoms with Crippen molar-refractivity contribution in [2.45, 2.75) is 44.6 Å². The highest BCUT2D eigenvalue weighted by Crippen LogP contribution is 2.28. The van der Waals surface area contributed by atoms with Crippen LogP contribution in [0.15, 0.2) is 47.4 Å². The van der Waals surface area contributed by atoms with Crippen LogP contribution in [0, 0.1) is 6.92 Å². The molecule has 1 atom stereocenters. The van der Waals surface area contributed by atoms with Crippen molar-refractivity contribution in [3.05, 3.63) is 53.6 Å². The van der Waals surface area contributed by atoms with Crippen LogP contribution in [0.3, 0.4) is 0 Å². The second kappa shape index (κ2) is 9.01. The number of anilines is 1. The second-order valence-electron chi connectivity index (χ2n) is 6.44. The highest BCUT2D eigenvalue weighted by Gasteiger charge is 2.20. The van der Waals surface area contributed by atoms with E-state index in [1.54, 1.807) is 12.1 Å². The van der Waals surface area contributed by atoms with Gasteiger partial charge in [0, 0.05) is 11.6 Å². The Hall–Kier alpha value is -2.38. The number of methoxy groups -OCH3 is 1. The molecule has 0 spiro atoms. The van der Waals surface area contributed by atoms with Crippen LogP contribution in [-0.2, 0) is 10.0 Å². The van der Waals surface area contributed by atoms with Crippen LogP contribution in [0.5, 0.6) is 5.75 Å². The highest BCUT2D eigenvalue weighted by molar-refractivity contribution is 7.89. The summed E-state index contributed by atoms with van der Waals surface area (Å²) in [4.78, 5) is 12.7. The summed E-state index contributed by atoms with van der Waals surface area (Å²) in [6.45, 7) is 5.66. The van der Waals surface area contributed by atoms with Crippen molar-refractivity contribution in [1.29, 1.82) is 0 Å². The standard InChI is InChI=1S/C20H26N2O4S/c1-5-8-15(3)22-27(24,25)16-11-12-19(26-4)18(13-16)21-20(23)17-10-7-6-9-14(17)2/h6-7,9-13,15,22H,5,8H2,1-4H3,(H,21,23)/t15-/m0/s1. The molecular weight excluding hydrogens is 364 g/mol. The smallest absolute Gasteiger partial charge is 0.256 e. The maximum Gasteiger partial charge on any atom is 0.256 e. The fourth-order valence-corrected chi connectivity index (χ4v) is 4.10. The molecule has 0 aromatic heterocycles. The summed E-state index contributed by atoms with van der Waals surface area (Å²) >= 11 is 0. The monoisotopic (exact) mass is 390 g/mol. The Morgan fingerprint density at radius 3 is 2.52 bits per heavy atom. The summed E-state index contributed by atoms with van der Waals surface area (Å²) in [5.74, 6) is 0.0609. The van der Waals surface area contributed by atoms with Gasteiger partial charge in [0.25, 0.3) is 5.91 Å². The molecule has 7 heteroatoms. The zero-order chi connectivity index (χ0) is 20.0. The number of carbonyl (C=O) groups is 1. The van der Waals surface area contributed by atoms with E-state index in [-0.39, 0.29) is 16.8 Å². The average Bonchev–Trinajstić information content (AvgIpc) is 2.61. The number of ether oxygens (including phenoxy) is 1. The minimum atomic E-state index is -3.69. The molecule has 2 N–H and O–H groups in total. The van der Waals surface area contributed by atoms with E-state index in [1.165, 1.54) is 25.3 Å². The maximum atomic E-state index is 12.6. The van der Waals surface area contributed by atoms with Gasteiger partial charge in [-0.2, -0.15) is 0 Å². The van der Waals surface area contributed by atoms with Crippen LogP contribution in [0.4, 0.5) is 5.69 Å². The predicted octanol–water partition coefficient (Wildman–Crippen LogP) is 3.72. The molecule has 27 heavy (non-hydrogen) atoms. The Morgan fingerprint density at radius 2 is 1.89 bits per heavy atom. The van der Waals surface area contributed by atoms with Crippen LogP contribution >= 0.6 is 0 Å². The molecule has 0 unspecified atom stereocenters. The van der Waals surface area contributed by atoms with Gasteiger partial charge < -0.3 is 10.1 Å². The van der Waals surface area contributed by atoms with Gasteiger partial charge in [0.2, 0.25) is 10.0 Å². The Balaban J connectivity index is 2.32. The molecule has 0 saturated heterocycles. The minimum Gasteiger partial charge on any atom is -0.495 e. The van der Waals surface area contributed by atoms with Crippen LogP contribution in [0.2, 0.25) is 0 Å². The highest BCUT2D eigenvalue weighted by atomic mass is 32.2. The third kappa shape index (κ3) is 5.30. The Morgan fingerprint density at radius 1 is 1.19 bits per heavy atom. The number of rotatable bonds is 8. The molecule has 1 amide bonds. The molecule has 6 nitrogen and oxygen atoms in total. The first-order chi connectivity index (χ1) is 12.8. The predicted molar refractivity (Wildman–Crippen MR) is 107 cm³/mol. The summed E-state index contributed by atoms with van der Waals surface area (Å²) in [6, 6.07) is 11.4. The topological polar surface area (TPSA) is 84.5 Å². The van der Waals surface area contributed by atoms with Gasteiger partial charge in [-0.05, 0) is 50.1 Å². The number of nitrogens with one attached hydrogen (secondary N) is 2. The van der Waals surface area contributed by atoms with Crippen LogP contribution in [0.1, 0.15) is 42.6 Å². The molecule has 2 aromatic rings. The van der Waals surface area contributed by atoms with Crippen molar-refractivity contribution in [2.75, 3.05) is 12.4 Å². The Bertz CT molecular complexity index is 910. The quantitative estimate of drug-likeness (QED) is 0.719. The van der Waals surface area contributed by atoms with E-state index < -0.39 is 10.0 Å². The van der Waals surface area contributed by atoms with Gasteiger partial charge in [0.1, 0.15) is 5.75 Å². The maximum absolute atomic E-state index is 12.6. The summed E-state index contributed by atoms with van der Waals surface area (Å²) in [7, 11) is -2.23. The number of hydrogen-bond acceptors (Lipinski definition) is 4. The minimum absolute atomic E-state index is 0.0753. The number of benzene rings is 2. The lowest BCUT2D eigenvalue weighted by Crippen LogP contribution is -2.32. The fraction of sp³-hybridized carbons (Fsp3) is 0.350. The molecule has 2 rings (SSSR count). The number of hydrogen-bond donors (Lipinski definition) is 2. The molecule has 0 heterocycles. The Kier molecular flexibility index (Phi) is 6.98. The molecule has 0 fully saturated rings. The lowest BCUT2D eigenvalue weighted by Gasteiger charge is -2.16. The summed E-state index contributed by atoms with van der Waals surface area (Å²) in [6.07, 6.45) is 1.62. The lowest BCUT2D eigenvalue weighted by atomic mass is 10.1. The van der Waals surface area contributed by atoms with Crippen LogP contribution in [-0.4, -0.2) is 27.5 Å². The van der Waals surface area contributed by atoms with Gasteiger partial charge in [-0.1, -0.05) is 31.5 Å². The van der Waals surface area contributed by atoms with Gasteiger partial charge in [0.05, 0.1) is 17.7 Å². The summed E-state index contributed by atoms with van der Waals surface area (Å²) in [5, 5.41) is 2.75. The third-order valence-electron chi connectivity index (χ3n) is 4.20. The SMILES string of the molecule is CCC[C@H](C)NS(=O)(=O)c1ccc(OC)c(NC(=O)c2ccccc2C)c1. The first-order valence-electron chi connectivity index (χ1n) is 8.85. The molecule has 0 saturated carbocycles. The van der Waals surface area contributed by atoms with E-state index in [2.05, 4.69) is 10.0 Å². The Labute approximate surface area is 161 Å². The molecule has 0 bridgehead atoms. The van der Waals surface area contributed by atoms with E-state index in [4.69, 9.17) is 4.74 Å². The van der Waals surface area contributed by atoms with Crippen molar-refractivity contribution < 1.29 is 17.9 Å². The zero-order valence-corrected chi connectivity index (χ0v) is 16.9. The number of aryl methyl sites for hydroxylation is 1. The molecule has 0 aliphatic rings. The summed E-state index contributed by atoms with van der Waals surface area (Å²) < 4.78 is 33.1. The van der Waals surface area contributed by atoms with Crippen molar-refractivity contribution >= 4 is 21.6 Å². The van der Waals surface area contributed by atoms with Gasteiger partial charge in [-0.15, -0.1) is 0 Å². The number of sulfonamides is 1. The van der Waals surface area contributed by atoms with E-state index in [9.17, 15) is 13.2 Å². The zero-order valence-electron chi connectivity index (χ0n) is 16.1. The van der Waals surface area contributed by atoms with E-state index in [0.717, 1.165) is 18.4 Å². The van der Waals surface area contributed by atoms with Crippen molar-refractivity contribution in [1.82, 2.24) is 4.72 Å². The molecule has 0 radical (unpaired) electrons. The van der Waals surface area contributed by atoms with Gasteiger partial charge in [-0.25, -0.2) is 13.1 Å². The van der Waals surface area contributed by atoms with E-state index in [1.807, 2.05) is 32.9 Å². The van der Waals surface area contributed by atoms with Crippen molar-refractivity contribution in [3.8, 4) is 5.75 Å². The molecule has 0 aliphatic heterocycles. The molecule has 146 valence electrons. The average molecular weight is 391 g/mol. The first kappa shape index (κ1) is 20.9. The van der Waals surface area contributed by atoms with Crippen molar-refractivity contribution in [2.24, 2.45) is 0 Å². The van der Waals surface area contributed by atoms with E-state index >= 15 is 0 Å². The third-order valence-corrected chi connectivity index (χ3v) is 5.78. The van der Waals surface area contributed by atoms with Gasteiger partial charge in [0.15, 0.2) is 0 Å². The first-order valence-corrected chi connectivity index (χ1v) is 10.3. The van der Waals surface area contributed by atoms with Gasteiger partial charge in [-0.3, -0.25) is 4.79 Å². The molecule has 2 aromatic carbocycles.